The summed E-state index contributed by atoms with van der Waals surface area (Å²) in [5.74, 6) is -0.222. The Bertz CT molecular complexity index is 858. The van der Waals surface area contributed by atoms with Gasteiger partial charge in [0.1, 0.15) is 5.69 Å². The number of aromatic nitrogens is 3. The molecule has 0 spiro atoms. The summed E-state index contributed by atoms with van der Waals surface area (Å²) in [6.07, 6.45) is 3.41. The lowest BCUT2D eigenvalue weighted by molar-refractivity contribution is 0.0937. The lowest BCUT2D eigenvalue weighted by Gasteiger charge is -2.20. The molecule has 2 heterocycles. The molecule has 25 heavy (non-hydrogen) atoms. The van der Waals surface area contributed by atoms with Gasteiger partial charge >= 0.3 is 0 Å². The van der Waals surface area contributed by atoms with Crippen molar-refractivity contribution < 1.29 is 4.79 Å². The first-order chi connectivity index (χ1) is 12.0. The minimum absolute atomic E-state index is 0.0842. The van der Waals surface area contributed by atoms with E-state index in [1.807, 2.05) is 43.3 Å². The number of carbonyl (C=O) groups is 1. The maximum absolute atomic E-state index is 12.7. The SMILES string of the molecule is Cc1ccc(C(NC(=O)c2cc(C)nc(N)n2)c2ccncc2)cc1. The molecule has 3 rings (SSSR count). The zero-order valence-corrected chi connectivity index (χ0v) is 14.1. The minimum Gasteiger partial charge on any atom is -0.368 e. The van der Waals surface area contributed by atoms with Crippen LogP contribution >= 0.6 is 0 Å². The van der Waals surface area contributed by atoms with Gasteiger partial charge in [-0.1, -0.05) is 29.8 Å². The Labute approximate surface area is 146 Å². The van der Waals surface area contributed by atoms with E-state index in [-0.39, 0.29) is 23.6 Å². The van der Waals surface area contributed by atoms with E-state index in [9.17, 15) is 4.79 Å². The van der Waals surface area contributed by atoms with Crippen molar-refractivity contribution in [2.75, 3.05) is 5.73 Å². The van der Waals surface area contributed by atoms with E-state index in [2.05, 4.69) is 20.3 Å². The number of rotatable bonds is 4. The van der Waals surface area contributed by atoms with E-state index in [0.29, 0.717) is 5.69 Å². The Kier molecular flexibility index (Phi) is 4.70. The van der Waals surface area contributed by atoms with Gasteiger partial charge in [-0.2, -0.15) is 0 Å². The molecule has 3 aromatic rings. The summed E-state index contributed by atoms with van der Waals surface area (Å²) in [7, 11) is 0. The first-order valence-electron chi connectivity index (χ1n) is 7.91. The molecule has 0 aliphatic rings. The molecule has 1 amide bonds. The summed E-state index contributed by atoms with van der Waals surface area (Å²) in [5, 5.41) is 3.03. The van der Waals surface area contributed by atoms with Gasteiger partial charge in [0.05, 0.1) is 6.04 Å². The Morgan fingerprint density at radius 1 is 1.00 bits per heavy atom. The Hall–Kier alpha value is -3.28. The average Bonchev–Trinajstić information content (AvgIpc) is 2.60. The minimum atomic E-state index is -0.312. The number of benzene rings is 1. The number of nitrogens with one attached hydrogen (secondary N) is 1. The molecule has 0 aliphatic heterocycles. The summed E-state index contributed by atoms with van der Waals surface area (Å²) < 4.78 is 0. The molecular weight excluding hydrogens is 314 g/mol. The van der Waals surface area contributed by atoms with Crippen LogP contribution in [0.15, 0.2) is 54.9 Å². The second-order valence-corrected chi connectivity index (χ2v) is 5.85. The standard InChI is InChI=1S/C19H19N5O/c1-12-3-5-14(6-4-12)17(15-7-9-21-10-8-15)24-18(25)16-11-13(2)22-19(20)23-16/h3-11,17H,1-2H3,(H,24,25)(H2,20,22,23). The lowest BCUT2D eigenvalue weighted by Crippen LogP contribution is -2.30. The van der Waals surface area contributed by atoms with Crippen LogP contribution in [0.3, 0.4) is 0 Å². The number of anilines is 1. The van der Waals surface area contributed by atoms with Crippen LogP contribution < -0.4 is 11.1 Å². The van der Waals surface area contributed by atoms with Crippen molar-refractivity contribution in [2.24, 2.45) is 0 Å². The number of hydrogen-bond donors (Lipinski definition) is 2. The van der Waals surface area contributed by atoms with Crippen molar-refractivity contribution in [3.63, 3.8) is 0 Å². The second kappa shape index (κ2) is 7.09. The molecule has 126 valence electrons. The van der Waals surface area contributed by atoms with Gasteiger partial charge in [0, 0.05) is 18.1 Å². The zero-order chi connectivity index (χ0) is 17.8. The van der Waals surface area contributed by atoms with Gasteiger partial charge in [0.25, 0.3) is 5.91 Å². The number of carbonyl (C=O) groups excluding carboxylic acids is 1. The fraction of sp³-hybridized carbons (Fsp3) is 0.158. The van der Waals surface area contributed by atoms with E-state index in [0.717, 1.165) is 16.7 Å². The van der Waals surface area contributed by atoms with Crippen LogP contribution in [0, 0.1) is 13.8 Å². The van der Waals surface area contributed by atoms with E-state index in [1.54, 1.807) is 25.4 Å². The highest BCUT2D eigenvalue weighted by Crippen LogP contribution is 2.22. The Morgan fingerprint density at radius 3 is 2.28 bits per heavy atom. The molecular formula is C19H19N5O. The van der Waals surface area contributed by atoms with Gasteiger partial charge in [0.15, 0.2) is 0 Å². The highest BCUT2D eigenvalue weighted by molar-refractivity contribution is 5.93. The third-order valence-electron chi connectivity index (χ3n) is 3.83. The van der Waals surface area contributed by atoms with Crippen molar-refractivity contribution in [1.82, 2.24) is 20.3 Å². The molecule has 0 aliphatic carbocycles. The topological polar surface area (TPSA) is 93.8 Å². The highest BCUT2D eigenvalue weighted by atomic mass is 16.1. The number of amides is 1. The monoisotopic (exact) mass is 333 g/mol. The van der Waals surface area contributed by atoms with Gasteiger partial charge in [-0.05, 0) is 43.2 Å². The van der Waals surface area contributed by atoms with Crippen LogP contribution in [0.25, 0.3) is 0 Å². The molecule has 0 saturated carbocycles. The van der Waals surface area contributed by atoms with Crippen LogP contribution in [-0.2, 0) is 0 Å². The van der Waals surface area contributed by atoms with E-state index >= 15 is 0 Å². The largest absolute Gasteiger partial charge is 0.368 e. The van der Waals surface area contributed by atoms with Crippen molar-refractivity contribution in [3.05, 3.63) is 82.9 Å². The summed E-state index contributed by atoms with van der Waals surface area (Å²) in [5.41, 5.74) is 9.62. The first-order valence-corrected chi connectivity index (χ1v) is 7.91. The smallest absolute Gasteiger partial charge is 0.270 e. The summed E-state index contributed by atoms with van der Waals surface area (Å²) >= 11 is 0. The molecule has 0 radical (unpaired) electrons. The first kappa shape index (κ1) is 16.6. The van der Waals surface area contributed by atoms with Gasteiger partial charge in [-0.15, -0.1) is 0 Å². The molecule has 0 fully saturated rings. The lowest BCUT2D eigenvalue weighted by atomic mass is 9.98. The predicted molar refractivity (Wildman–Crippen MR) is 95.9 cm³/mol. The van der Waals surface area contributed by atoms with Crippen LogP contribution in [0.4, 0.5) is 5.95 Å². The summed E-state index contributed by atoms with van der Waals surface area (Å²) in [6.45, 7) is 3.80. The Balaban J connectivity index is 1.95. The average molecular weight is 333 g/mol. The fourth-order valence-corrected chi connectivity index (χ4v) is 2.59. The molecule has 3 N–H and O–H groups in total. The molecule has 6 nitrogen and oxygen atoms in total. The number of hydrogen-bond acceptors (Lipinski definition) is 5. The summed E-state index contributed by atoms with van der Waals surface area (Å²) in [6, 6.07) is 13.1. The third kappa shape index (κ3) is 3.98. The van der Waals surface area contributed by atoms with Crippen molar-refractivity contribution >= 4 is 11.9 Å². The van der Waals surface area contributed by atoms with Gasteiger partial charge in [-0.3, -0.25) is 9.78 Å². The van der Waals surface area contributed by atoms with Crippen LogP contribution in [0.5, 0.6) is 0 Å². The maximum Gasteiger partial charge on any atom is 0.270 e. The van der Waals surface area contributed by atoms with Crippen LogP contribution in [-0.4, -0.2) is 20.9 Å². The maximum atomic E-state index is 12.7. The molecule has 1 aromatic carbocycles. The molecule has 2 aromatic heterocycles. The van der Waals surface area contributed by atoms with Gasteiger partial charge < -0.3 is 11.1 Å². The molecule has 0 bridgehead atoms. The second-order valence-electron chi connectivity index (χ2n) is 5.85. The number of aryl methyl sites for hydroxylation is 2. The molecule has 1 atom stereocenters. The Morgan fingerprint density at radius 2 is 1.64 bits per heavy atom. The van der Waals surface area contributed by atoms with E-state index in [4.69, 9.17) is 5.73 Å². The van der Waals surface area contributed by atoms with Gasteiger partial charge in [-0.25, -0.2) is 9.97 Å². The predicted octanol–water partition coefficient (Wildman–Crippen LogP) is 2.59. The summed E-state index contributed by atoms with van der Waals surface area (Å²) in [4.78, 5) is 24.8. The molecule has 1 unspecified atom stereocenters. The normalized spacial score (nSPS) is 11.8. The molecule has 0 saturated heterocycles. The number of nitrogens with two attached hydrogens (primary N) is 1. The van der Waals surface area contributed by atoms with Crippen molar-refractivity contribution in [1.29, 1.82) is 0 Å². The third-order valence-corrected chi connectivity index (χ3v) is 3.83. The van der Waals surface area contributed by atoms with Crippen LogP contribution in [0.1, 0.15) is 38.9 Å². The molecule has 6 heteroatoms. The number of nitrogen functional groups attached to an aromatic ring is 1. The number of pyridine rings is 1. The van der Waals surface area contributed by atoms with E-state index in [1.165, 1.54) is 0 Å². The van der Waals surface area contributed by atoms with Crippen LogP contribution in [0.2, 0.25) is 0 Å². The van der Waals surface area contributed by atoms with Crippen molar-refractivity contribution in [3.8, 4) is 0 Å². The number of nitrogens with zero attached hydrogens (tertiary/aromatic N) is 3. The van der Waals surface area contributed by atoms with Crippen molar-refractivity contribution in [2.45, 2.75) is 19.9 Å². The zero-order valence-electron chi connectivity index (χ0n) is 14.1. The van der Waals surface area contributed by atoms with E-state index < -0.39 is 0 Å². The fourth-order valence-electron chi connectivity index (χ4n) is 2.59. The van der Waals surface area contributed by atoms with Gasteiger partial charge in [0.2, 0.25) is 5.95 Å². The quantitative estimate of drug-likeness (QED) is 0.765. The highest BCUT2D eigenvalue weighted by Gasteiger charge is 2.19.